The molecule has 0 spiro atoms. The number of benzene rings is 4. The van der Waals surface area contributed by atoms with E-state index in [1.54, 1.807) is 0 Å². The minimum Gasteiger partial charge on any atom is -0.870 e. The van der Waals surface area contributed by atoms with Gasteiger partial charge < -0.3 is 35.4 Å². The van der Waals surface area contributed by atoms with Gasteiger partial charge in [0, 0.05) is 45.5 Å². The van der Waals surface area contributed by atoms with Crippen molar-refractivity contribution in [2.24, 2.45) is 0 Å². The first-order chi connectivity index (χ1) is 19.8. The molecule has 8 bridgehead atoms. The SMILES string of the molecule is [Al+3].[OH-].c1ccc2c(c1)-c1nc-2nc2[n-]c(nc3nc([n-]c4nc(n1)-c1ccccc1-4)-c1ccccc1-3)c1ccccc21. The molecule has 0 fully saturated rings. The van der Waals surface area contributed by atoms with E-state index in [1.165, 1.54) is 0 Å². The second kappa shape index (κ2) is 9.68. The molecular formula is C32H17AlN8O. The third-order valence-electron chi connectivity index (χ3n) is 7.33. The second-order valence-electron chi connectivity index (χ2n) is 9.67. The van der Waals surface area contributed by atoms with Gasteiger partial charge in [0.1, 0.15) is 0 Å². The monoisotopic (exact) mass is 556 g/mol. The molecule has 3 aliphatic heterocycles. The summed E-state index contributed by atoms with van der Waals surface area (Å²) in [4.78, 5) is 39.3. The van der Waals surface area contributed by atoms with Gasteiger partial charge in [-0.15, -0.1) is 0 Å². The predicted molar refractivity (Wildman–Crippen MR) is 160 cm³/mol. The quantitative estimate of drug-likeness (QED) is 0.223. The van der Waals surface area contributed by atoms with Crippen molar-refractivity contribution in [1.82, 2.24) is 39.9 Å². The number of hydrogen-bond acceptors (Lipinski definition) is 7. The van der Waals surface area contributed by atoms with Gasteiger partial charge in [-0.05, 0) is 27.5 Å². The molecule has 5 heterocycles. The summed E-state index contributed by atoms with van der Waals surface area (Å²) in [6.07, 6.45) is 0. The van der Waals surface area contributed by atoms with Gasteiger partial charge in [-0.25, -0.2) is 9.97 Å². The van der Waals surface area contributed by atoms with Gasteiger partial charge in [0.25, 0.3) is 0 Å². The van der Waals surface area contributed by atoms with Crippen LogP contribution in [0, 0.1) is 0 Å². The summed E-state index contributed by atoms with van der Waals surface area (Å²) in [5.74, 6) is 3.31. The summed E-state index contributed by atoms with van der Waals surface area (Å²) in [5.41, 5.74) is 6.46. The largest absolute Gasteiger partial charge is 3.00 e. The molecule has 6 aromatic rings. The summed E-state index contributed by atoms with van der Waals surface area (Å²) in [7, 11) is 0. The number of nitrogens with zero attached hydrogens (tertiary/aromatic N) is 8. The molecule has 0 amide bonds. The molecule has 0 atom stereocenters. The molecule has 1 N–H and O–H groups in total. The summed E-state index contributed by atoms with van der Waals surface area (Å²) in [6.45, 7) is 0. The van der Waals surface area contributed by atoms with E-state index in [2.05, 4.69) is 0 Å². The molecular weight excluding hydrogens is 539 g/mol. The van der Waals surface area contributed by atoms with Crippen molar-refractivity contribution in [2.75, 3.05) is 0 Å². The molecule has 194 valence electrons. The Morgan fingerprint density at radius 1 is 0.357 bits per heavy atom. The minimum atomic E-state index is 0. The summed E-state index contributed by atoms with van der Waals surface area (Å²) >= 11 is 0. The van der Waals surface area contributed by atoms with E-state index in [-0.39, 0.29) is 22.8 Å². The number of fused-ring (bicyclic) bond motifs is 20. The first kappa shape index (κ1) is 25.7. The Morgan fingerprint density at radius 2 is 0.690 bits per heavy atom. The van der Waals surface area contributed by atoms with Crippen LogP contribution in [0.4, 0.5) is 0 Å². The Labute approximate surface area is 249 Å². The van der Waals surface area contributed by atoms with Crippen molar-refractivity contribution < 1.29 is 5.48 Å². The van der Waals surface area contributed by atoms with E-state index in [0.29, 0.717) is 46.2 Å². The van der Waals surface area contributed by atoms with E-state index < -0.39 is 0 Å². The number of rotatable bonds is 0. The molecule has 42 heavy (non-hydrogen) atoms. The van der Waals surface area contributed by atoms with Gasteiger partial charge in [0.05, 0.1) is 11.6 Å². The normalized spacial score (nSPS) is 11.4. The maximum absolute atomic E-state index is 4.95. The zero-order chi connectivity index (χ0) is 26.2. The molecule has 2 aromatic heterocycles. The Balaban J connectivity index is 0.00000144. The summed E-state index contributed by atoms with van der Waals surface area (Å²) in [5, 5.41) is 1.79. The van der Waals surface area contributed by atoms with Gasteiger partial charge in [-0.1, -0.05) is 97.1 Å². The smallest absolute Gasteiger partial charge is 0.870 e. The van der Waals surface area contributed by atoms with Crippen molar-refractivity contribution in [3.63, 3.8) is 0 Å². The summed E-state index contributed by atoms with van der Waals surface area (Å²) < 4.78 is 0. The van der Waals surface area contributed by atoms with Crippen LogP contribution >= 0.6 is 0 Å². The fraction of sp³-hybridized carbons (Fsp3) is 0. The molecule has 4 aromatic carbocycles. The summed E-state index contributed by atoms with van der Waals surface area (Å²) in [6, 6.07) is 31.8. The van der Waals surface area contributed by atoms with E-state index in [9.17, 15) is 0 Å². The van der Waals surface area contributed by atoms with Crippen LogP contribution in [-0.2, 0) is 0 Å². The molecule has 0 saturated heterocycles. The molecule has 10 heteroatoms. The van der Waals surface area contributed by atoms with Crippen molar-refractivity contribution in [3.8, 4) is 68.3 Å². The minimum absolute atomic E-state index is 0. The van der Waals surface area contributed by atoms with Gasteiger partial charge >= 0.3 is 17.4 Å². The molecule has 0 radical (unpaired) electrons. The molecule has 3 aliphatic rings. The van der Waals surface area contributed by atoms with Crippen molar-refractivity contribution in [2.45, 2.75) is 0 Å². The Hall–Kier alpha value is -5.27. The van der Waals surface area contributed by atoms with Crippen LogP contribution in [-0.4, -0.2) is 52.7 Å². The molecule has 0 aliphatic carbocycles. The van der Waals surface area contributed by atoms with Gasteiger partial charge in [0.2, 0.25) is 0 Å². The van der Waals surface area contributed by atoms with Crippen LogP contribution < -0.4 is 9.97 Å². The van der Waals surface area contributed by atoms with Gasteiger partial charge in [-0.3, -0.25) is 0 Å². The molecule has 9 rings (SSSR count). The van der Waals surface area contributed by atoms with Crippen LogP contribution in [0.15, 0.2) is 97.1 Å². The second-order valence-corrected chi connectivity index (χ2v) is 9.67. The third kappa shape index (κ3) is 3.74. The van der Waals surface area contributed by atoms with Crippen molar-refractivity contribution >= 4 is 39.4 Å². The van der Waals surface area contributed by atoms with Crippen LogP contribution in [0.3, 0.4) is 0 Å². The average molecular weight is 557 g/mol. The van der Waals surface area contributed by atoms with Crippen LogP contribution in [0.2, 0.25) is 0 Å². The van der Waals surface area contributed by atoms with Crippen LogP contribution in [0.25, 0.3) is 90.4 Å². The van der Waals surface area contributed by atoms with Crippen molar-refractivity contribution in [3.05, 3.63) is 97.1 Å². The molecule has 0 saturated carbocycles. The Kier molecular flexibility index (Phi) is 5.92. The fourth-order valence-electron chi connectivity index (χ4n) is 5.46. The number of aromatic nitrogens is 8. The van der Waals surface area contributed by atoms with E-state index in [0.717, 1.165) is 44.2 Å². The third-order valence-corrected chi connectivity index (χ3v) is 7.33. The standard InChI is InChI=1S/C32H16N8.Al.H2O/c1-2-10-18-17(9-1)25-33-26(18)38-28-21-13-5-6-14-22(21)30(35-28)40-32-24-16-8-7-15-23(24)31(36-32)39-29-20-12-4-3-11-19(20)27(34-29)37-25;;/h1-16H;;1H2/q-2;+3;/p-1. The first-order valence-corrected chi connectivity index (χ1v) is 12.9. The Morgan fingerprint density at radius 3 is 1.17 bits per heavy atom. The predicted octanol–water partition coefficient (Wildman–Crippen LogP) is 5.47. The van der Waals surface area contributed by atoms with Crippen molar-refractivity contribution in [1.29, 1.82) is 0 Å². The van der Waals surface area contributed by atoms with Crippen LogP contribution in [0.5, 0.6) is 0 Å². The van der Waals surface area contributed by atoms with E-state index in [1.807, 2.05) is 97.1 Å². The maximum Gasteiger partial charge on any atom is 3.00 e. The fourth-order valence-corrected chi connectivity index (χ4v) is 5.46. The zero-order valence-corrected chi connectivity index (χ0v) is 23.0. The first-order valence-electron chi connectivity index (χ1n) is 12.9. The molecule has 9 nitrogen and oxygen atoms in total. The average Bonchev–Trinajstić information content (AvgIpc) is 3.73. The topological polar surface area (TPSA) is 136 Å². The van der Waals surface area contributed by atoms with Gasteiger partial charge in [0.15, 0.2) is 5.82 Å². The maximum atomic E-state index is 4.95. The number of hydrogen-bond donors (Lipinski definition) is 0. The zero-order valence-electron chi connectivity index (χ0n) is 21.8. The van der Waals surface area contributed by atoms with Crippen LogP contribution in [0.1, 0.15) is 0 Å². The Bertz CT molecular complexity index is 2100. The van der Waals surface area contributed by atoms with E-state index >= 15 is 0 Å². The molecule has 0 unspecified atom stereocenters. The van der Waals surface area contributed by atoms with E-state index in [4.69, 9.17) is 39.9 Å². The van der Waals surface area contributed by atoms with Gasteiger partial charge in [-0.2, -0.15) is 0 Å².